The Balaban J connectivity index is 2.21. The van der Waals surface area contributed by atoms with Gasteiger partial charge in [-0.05, 0) is 36.4 Å². The van der Waals surface area contributed by atoms with Crippen LogP contribution >= 0.6 is 0 Å². The van der Waals surface area contributed by atoms with Crippen molar-refractivity contribution in [2.45, 2.75) is 6.92 Å². The van der Waals surface area contributed by atoms with Crippen molar-refractivity contribution in [3.63, 3.8) is 0 Å². The van der Waals surface area contributed by atoms with Crippen LogP contribution in [0.3, 0.4) is 0 Å². The van der Waals surface area contributed by atoms with E-state index in [9.17, 15) is 9.59 Å². The zero-order valence-corrected chi connectivity index (χ0v) is 15.5. The van der Waals surface area contributed by atoms with Crippen molar-refractivity contribution in [2.75, 3.05) is 31.5 Å². The van der Waals surface area contributed by atoms with Crippen molar-refractivity contribution in [3.8, 4) is 17.2 Å². The molecule has 0 unspecified atom stereocenters. The summed E-state index contributed by atoms with van der Waals surface area (Å²) in [6, 6.07) is 9.85. The molecule has 0 fully saturated rings. The summed E-state index contributed by atoms with van der Waals surface area (Å²) in [4.78, 5) is 23.9. The number of nitrogens with one attached hydrogen (secondary N) is 2. The Morgan fingerprint density at radius 1 is 1.00 bits per heavy atom. The summed E-state index contributed by atoms with van der Waals surface area (Å²) in [5.41, 5.74) is 1.37. The first-order valence-corrected chi connectivity index (χ1v) is 8.17. The molecule has 0 atom stereocenters. The maximum atomic E-state index is 12.6. The third kappa shape index (κ3) is 5.24. The maximum absolute atomic E-state index is 12.6. The lowest BCUT2D eigenvalue weighted by atomic mass is 10.1. The Morgan fingerprint density at radius 2 is 1.70 bits per heavy atom. The topological polar surface area (TPSA) is 85.9 Å². The molecule has 0 bridgehead atoms. The van der Waals surface area contributed by atoms with E-state index in [1.54, 1.807) is 42.5 Å². The normalized spacial score (nSPS) is 9.89. The standard InChI is InChI=1S/C20H22N2O5/c1-5-10-27-18-8-6-14(11-19(18)26-4)20(24)22-15-7-9-17(25-3)16(12-15)21-13(2)23/h5-9,11-12H,1,10H2,2-4H3,(H,21,23)(H,22,24). The highest BCUT2D eigenvalue weighted by molar-refractivity contribution is 6.05. The van der Waals surface area contributed by atoms with Gasteiger partial charge in [0.25, 0.3) is 5.91 Å². The summed E-state index contributed by atoms with van der Waals surface area (Å²) in [7, 11) is 3.00. The third-order valence-electron chi connectivity index (χ3n) is 3.55. The Labute approximate surface area is 157 Å². The second-order valence-electron chi connectivity index (χ2n) is 5.52. The van der Waals surface area contributed by atoms with E-state index in [2.05, 4.69) is 17.2 Å². The lowest BCUT2D eigenvalue weighted by Gasteiger charge is -2.13. The minimum absolute atomic E-state index is 0.239. The SMILES string of the molecule is C=CCOc1ccc(C(=O)Nc2ccc(OC)c(NC(C)=O)c2)cc1OC. The minimum Gasteiger partial charge on any atom is -0.495 e. The van der Waals surface area contributed by atoms with E-state index in [0.29, 0.717) is 40.8 Å². The molecule has 0 aliphatic rings. The van der Waals surface area contributed by atoms with Crippen molar-refractivity contribution in [2.24, 2.45) is 0 Å². The van der Waals surface area contributed by atoms with Gasteiger partial charge in [0.1, 0.15) is 12.4 Å². The van der Waals surface area contributed by atoms with Crippen LogP contribution in [0.1, 0.15) is 17.3 Å². The number of hydrogen-bond acceptors (Lipinski definition) is 5. The van der Waals surface area contributed by atoms with E-state index in [1.807, 2.05) is 0 Å². The van der Waals surface area contributed by atoms with Gasteiger partial charge in [-0.3, -0.25) is 9.59 Å². The highest BCUT2D eigenvalue weighted by Crippen LogP contribution is 2.30. The number of amides is 2. The monoisotopic (exact) mass is 370 g/mol. The molecule has 0 aliphatic heterocycles. The van der Waals surface area contributed by atoms with Crippen LogP contribution in [0.15, 0.2) is 49.1 Å². The number of carbonyl (C=O) groups is 2. The highest BCUT2D eigenvalue weighted by atomic mass is 16.5. The molecule has 142 valence electrons. The van der Waals surface area contributed by atoms with Gasteiger partial charge in [0, 0.05) is 18.2 Å². The lowest BCUT2D eigenvalue weighted by molar-refractivity contribution is -0.114. The molecule has 0 aromatic heterocycles. The fraction of sp³-hybridized carbons (Fsp3) is 0.200. The van der Waals surface area contributed by atoms with Crippen molar-refractivity contribution in [1.29, 1.82) is 0 Å². The van der Waals surface area contributed by atoms with Crippen molar-refractivity contribution in [3.05, 3.63) is 54.6 Å². The van der Waals surface area contributed by atoms with Crippen LogP contribution in [-0.2, 0) is 4.79 Å². The summed E-state index contributed by atoms with van der Waals surface area (Å²) < 4.78 is 16.0. The maximum Gasteiger partial charge on any atom is 0.255 e. The van der Waals surface area contributed by atoms with E-state index in [4.69, 9.17) is 14.2 Å². The summed E-state index contributed by atoms with van der Waals surface area (Å²) in [5, 5.41) is 5.44. The van der Waals surface area contributed by atoms with E-state index in [-0.39, 0.29) is 11.8 Å². The fourth-order valence-electron chi connectivity index (χ4n) is 2.35. The van der Waals surface area contributed by atoms with Crippen molar-refractivity contribution in [1.82, 2.24) is 0 Å². The largest absolute Gasteiger partial charge is 0.495 e. The molecule has 7 nitrogen and oxygen atoms in total. The second-order valence-corrected chi connectivity index (χ2v) is 5.52. The van der Waals surface area contributed by atoms with Gasteiger partial charge in [-0.2, -0.15) is 0 Å². The molecule has 0 spiro atoms. The second kappa shape index (κ2) is 9.28. The Hall–Kier alpha value is -3.48. The number of benzene rings is 2. The summed E-state index contributed by atoms with van der Waals surface area (Å²) in [6.45, 7) is 5.32. The molecular weight excluding hydrogens is 348 g/mol. The molecule has 0 radical (unpaired) electrons. The smallest absolute Gasteiger partial charge is 0.255 e. The summed E-state index contributed by atoms with van der Waals surface area (Å²) >= 11 is 0. The molecule has 27 heavy (non-hydrogen) atoms. The first kappa shape index (κ1) is 19.8. The summed E-state index contributed by atoms with van der Waals surface area (Å²) in [5.74, 6) is 0.886. The van der Waals surface area contributed by atoms with E-state index < -0.39 is 0 Å². The summed E-state index contributed by atoms with van der Waals surface area (Å²) in [6.07, 6.45) is 1.62. The predicted molar refractivity (Wildman–Crippen MR) is 104 cm³/mol. The molecule has 2 aromatic rings. The van der Waals surface area contributed by atoms with Crippen LogP contribution in [0.4, 0.5) is 11.4 Å². The number of rotatable bonds is 8. The third-order valence-corrected chi connectivity index (χ3v) is 3.55. The highest BCUT2D eigenvalue weighted by Gasteiger charge is 2.13. The zero-order valence-electron chi connectivity index (χ0n) is 15.5. The van der Waals surface area contributed by atoms with Crippen molar-refractivity contribution < 1.29 is 23.8 Å². The molecule has 0 saturated heterocycles. The fourth-order valence-corrected chi connectivity index (χ4v) is 2.35. The van der Waals surface area contributed by atoms with Gasteiger partial charge in [-0.25, -0.2) is 0 Å². The van der Waals surface area contributed by atoms with Gasteiger partial charge in [-0.1, -0.05) is 12.7 Å². The number of anilines is 2. The van der Waals surface area contributed by atoms with E-state index in [0.717, 1.165) is 0 Å². The molecular formula is C20H22N2O5. The van der Waals surface area contributed by atoms with Crippen LogP contribution in [0.2, 0.25) is 0 Å². The first-order chi connectivity index (χ1) is 13.0. The lowest BCUT2D eigenvalue weighted by Crippen LogP contribution is -2.13. The zero-order chi connectivity index (χ0) is 19.8. The van der Waals surface area contributed by atoms with E-state index >= 15 is 0 Å². The van der Waals surface area contributed by atoms with Crippen LogP contribution in [0, 0.1) is 0 Å². The average molecular weight is 370 g/mol. The Morgan fingerprint density at radius 3 is 2.33 bits per heavy atom. The first-order valence-electron chi connectivity index (χ1n) is 8.17. The average Bonchev–Trinajstić information content (AvgIpc) is 2.66. The number of carbonyl (C=O) groups excluding carboxylic acids is 2. The van der Waals surface area contributed by atoms with Gasteiger partial charge >= 0.3 is 0 Å². The molecule has 0 saturated carbocycles. The molecule has 2 amide bonds. The van der Waals surface area contributed by atoms with Gasteiger partial charge < -0.3 is 24.8 Å². The number of methoxy groups -OCH3 is 2. The van der Waals surface area contributed by atoms with Gasteiger partial charge in [0.15, 0.2) is 11.5 Å². The quantitative estimate of drug-likeness (QED) is 0.695. The van der Waals surface area contributed by atoms with Crippen LogP contribution < -0.4 is 24.8 Å². The molecule has 0 heterocycles. The Bertz CT molecular complexity index is 848. The molecule has 2 N–H and O–H groups in total. The predicted octanol–water partition coefficient (Wildman–Crippen LogP) is 3.48. The molecule has 2 rings (SSSR count). The van der Waals surface area contributed by atoms with Gasteiger partial charge in [0.2, 0.25) is 5.91 Å². The number of hydrogen-bond donors (Lipinski definition) is 2. The van der Waals surface area contributed by atoms with Crippen LogP contribution in [0.25, 0.3) is 0 Å². The van der Waals surface area contributed by atoms with Crippen LogP contribution in [0.5, 0.6) is 17.2 Å². The van der Waals surface area contributed by atoms with Gasteiger partial charge in [0.05, 0.1) is 19.9 Å². The van der Waals surface area contributed by atoms with Gasteiger partial charge in [-0.15, -0.1) is 0 Å². The van der Waals surface area contributed by atoms with Crippen molar-refractivity contribution >= 4 is 23.2 Å². The Kier molecular flexibility index (Phi) is 6.82. The molecule has 7 heteroatoms. The van der Waals surface area contributed by atoms with Crippen LogP contribution in [-0.4, -0.2) is 32.6 Å². The molecule has 0 aliphatic carbocycles. The van der Waals surface area contributed by atoms with E-state index in [1.165, 1.54) is 21.1 Å². The molecule has 2 aromatic carbocycles. The minimum atomic E-state index is -0.331. The number of ether oxygens (including phenoxy) is 3.